The summed E-state index contributed by atoms with van der Waals surface area (Å²) in [5, 5.41) is 6.21. The highest BCUT2D eigenvalue weighted by molar-refractivity contribution is 6.33. The summed E-state index contributed by atoms with van der Waals surface area (Å²) in [4.78, 5) is 25.5. The van der Waals surface area contributed by atoms with Crippen LogP contribution in [0, 0.1) is 5.92 Å². The van der Waals surface area contributed by atoms with Crippen LogP contribution in [0.5, 0.6) is 5.75 Å². The van der Waals surface area contributed by atoms with Gasteiger partial charge in [-0.3, -0.25) is 9.59 Å². The number of ether oxygens (including phenoxy) is 1. The van der Waals surface area contributed by atoms with E-state index in [2.05, 4.69) is 17.6 Å². The summed E-state index contributed by atoms with van der Waals surface area (Å²) < 4.78 is 5.36. The molecule has 2 aliphatic heterocycles. The molecular weight excluding hydrogens is 318 g/mol. The quantitative estimate of drug-likeness (QED) is 0.888. The molecule has 23 heavy (non-hydrogen) atoms. The predicted octanol–water partition coefficient (Wildman–Crippen LogP) is 2.34. The first-order chi connectivity index (χ1) is 11.0. The molecule has 0 bridgehead atoms. The summed E-state index contributed by atoms with van der Waals surface area (Å²) in [6, 6.07) is 3.34. The van der Waals surface area contributed by atoms with Gasteiger partial charge < -0.3 is 20.3 Å². The van der Waals surface area contributed by atoms with E-state index in [1.54, 1.807) is 12.1 Å². The number of amides is 2. The van der Waals surface area contributed by atoms with Crippen LogP contribution >= 0.6 is 11.6 Å². The Morgan fingerprint density at radius 1 is 1.52 bits per heavy atom. The fraction of sp³-hybridized carbons (Fsp3) is 0.500. The van der Waals surface area contributed by atoms with Gasteiger partial charge in [0.15, 0.2) is 6.61 Å². The number of nitrogens with one attached hydrogen (secondary N) is 2. The lowest BCUT2D eigenvalue weighted by Crippen LogP contribution is -2.42. The number of halogens is 1. The largest absolute Gasteiger partial charge is 0.482 e. The van der Waals surface area contributed by atoms with Gasteiger partial charge in [-0.05, 0) is 24.8 Å². The van der Waals surface area contributed by atoms with E-state index in [1.807, 2.05) is 4.90 Å². The van der Waals surface area contributed by atoms with Gasteiger partial charge in [0.25, 0.3) is 5.91 Å². The monoisotopic (exact) mass is 337 g/mol. The van der Waals surface area contributed by atoms with Gasteiger partial charge >= 0.3 is 0 Å². The third kappa shape index (κ3) is 3.69. The number of hydrogen-bond donors (Lipinski definition) is 2. The fourth-order valence-electron chi connectivity index (χ4n) is 2.93. The van der Waals surface area contributed by atoms with Crippen LogP contribution in [0.1, 0.15) is 19.8 Å². The summed E-state index contributed by atoms with van der Waals surface area (Å²) in [7, 11) is 0. The van der Waals surface area contributed by atoms with Gasteiger partial charge in [-0.1, -0.05) is 18.5 Å². The van der Waals surface area contributed by atoms with Crippen LogP contribution in [0.25, 0.3) is 0 Å². The van der Waals surface area contributed by atoms with Crippen LogP contribution in [0.2, 0.25) is 5.02 Å². The molecule has 1 aromatic carbocycles. The zero-order valence-electron chi connectivity index (χ0n) is 13.0. The van der Waals surface area contributed by atoms with Crippen molar-refractivity contribution in [2.24, 2.45) is 5.92 Å². The summed E-state index contributed by atoms with van der Waals surface area (Å²) in [5.41, 5.74) is 1.17. The minimum Gasteiger partial charge on any atom is -0.482 e. The second-order valence-corrected chi connectivity index (χ2v) is 6.51. The molecule has 1 saturated heterocycles. The van der Waals surface area contributed by atoms with Crippen LogP contribution in [-0.4, -0.2) is 43.0 Å². The number of piperidine rings is 1. The first kappa shape index (κ1) is 15.9. The van der Waals surface area contributed by atoms with Gasteiger partial charge in [0.2, 0.25) is 5.91 Å². The lowest BCUT2D eigenvalue weighted by atomic mass is 10.0. The van der Waals surface area contributed by atoms with Crippen LogP contribution in [0.15, 0.2) is 12.1 Å². The number of hydrogen-bond acceptors (Lipinski definition) is 4. The van der Waals surface area contributed by atoms with Crippen molar-refractivity contribution in [1.29, 1.82) is 0 Å². The van der Waals surface area contributed by atoms with E-state index < -0.39 is 0 Å². The third-order valence-electron chi connectivity index (χ3n) is 4.14. The molecule has 1 fully saturated rings. The Labute approximate surface area is 140 Å². The van der Waals surface area contributed by atoms with E-state index in [-0.39, 0.29) is 25.0 Å². The molecule has 1 aromatic rings. The van der Waals surface area contributed by atoms with Gasteiger partial charge in [-0.25, -0.2) is 0 Å². The molecule has 0 unspecified atom stereocenters. The van der Waals surface area contributed by atoms with Gasteiger partial charge in [0.1, 0.15) is 5.75 Å². The molecule has 2 amide bonds. The number of likely N-dealkylation sites (tertiary alicyclic amines) is 1. The highest BCUT2D eigenvalue weighted by Gasteiger charge is 2.22. The number of nitrogens with zero attached hydrogens (tertiary/aromatic N) is 1. The average Bonchev–Trinajstić information content (AvgIpc) is 2.52. The van der Waals surface area contributed by atoms with Crippen molar-refractivity contribution in [3.63, 3.8) is 0 Å². The molecule has 2 aliphatic rings. The first-order valence-corrected chi connectivity index (χ1v) is 8.18. The normalized spacial score (nSPS) is 20.3. The van der Waals surface area contributed by atoms with E-state index in [0.717, 1.165) is 19.5 Å². The van der Waals surface area contributed by atoms with Gasteiger partial charge in [0.05, 0.1) is 22.9 Å². The van der Waals surface area contributed by atoms with Gasteiger partial charge in [0, 0.05) is 19.2 Å². The highest BCUT2D eigenvalue weighted by atomic mass is 35.5. The van der Waals surface area contributed by atoms with Gasteiger partial charge in [-0.15, -0.1) is 0 Å². The van der Waals surface area contributed by atoms with Crippen molar-refractivity contribution in [2.45, 2.75) is 19.8 Å². The number of rotatable bonds is 3. The minimum atomic E-state index is -0.205. The molecule has 0 aliphatic carbocycles. The van der Waals surface area contributed by atoms with Crippen LogP contribution in [-0.2, 0) is 9.59 Å². The summed E-state index contributed by atoms with van der Waals surface area (Å²) in [6.45, 7) is 3.97. The minimum absolute atomic E-state index is 0.0152. The van der Waals surface area contributed by atoms with E-state index in [9.17, 15) is 9.59 Å². The molecule has 3 rings (SSSR count). The molecule has 7 heteroatoms. The zero-order chi connectivity index (χ0) is 16.4. The van der Waals surface area contributed by atoms with Crippen molar-refractivity contribution in [2.75, 3.05) is 36.9 Å². The smallest absolute Gasteiger partial charge is 0.262 e. The maximum Gasteiger partial charge on any atom is 0.262 e. The van der Waals surface area contributed by atoms with Crippen molar-refractivity contribution in [3.8, 4) is 5.75 Å². The number of fused-ring (bicyclic) bond motifs is 1. The Hall–Kier alpha value is -1.95. The van der Waals surface area contributed by atoms with E-state index in [1.165, 1.54) is 6.42 Å². The molecule has 1 atom stereocenters. The van der Waals surface area contributed by atoms with E-state index in [4.69, 9.17) is 16.3 Å². The van der Waals surface area contributed by atoms with E-state index >= 15 is 0 Å². The van der Waals surface area contributed by atoms with Crippen molar-refractivity contribution in [3.05, 3.63) is 17.2 Å². The summed E-state index contributed by atoms with van der Waals surface area (Å²) in [5.74, 6) is 0.968. The van der Waals surface area contributed by atoms with Gasteiger partial charge in [-0.2, -0.15) is 0 Å². The van der Waals surface area contributed by atoms with Crippen molar-refractivity contribution in [1.82, 2.24) is 4.90 Å². The third-order valence-corrected chi connectivity index (χ3v) is 4.45. The maximum atomic E-state index is 12.3. The maximum absolute atomic E-state index is 12.3. The number of anilines is 2. The van der Waals surface area contributed by atoms with Crippen LogP contribution in [0.4, 0.5) is 11.4 Å². The average molecular weight is 338 g/mol. The topological polar surface area (TPSA) is 70.7 Å². The van der Waals surface area contributed by atoms with E-state index in [0.29, 0.717) is 28.1 Å². The van der Waals surface area contributed by atoms with Crippen LogP contribution in [0.3, 0.4) is 0 Å². The summed E-state index contributed by atoms with van der Waals surface area (Å²) >= 11 is 6.21. The molecule has 6 nitrogen and oxygen atoms in total. The second kappa shape index (κ2) is 6.66. The molecular formula is C16H20ClN3O3. The Kier molecular flexibility index (Phi) is 4.61. The molecule has 124 valence electrons. The molecule has 2 N–H and O–H groups in total. The fourth-order valence-corrected chi connectivity index (χ4v) is 3.16. The molecule has 0 saturated carbocycles. The Balaban J connectivity index is 1.64. The Bertz CT molecular complexity index is 635. The predicted molar refractivity (Wildman–Crippen MR) is 89.0 cm³/mol. The SMILES string of the molecule is C[C@H]1CCCN(C(=O)CNc2cc3c(cc2Cl)NC(=O)CO3)C1. The first-order valence-electron chi connectivity index (χ1n) is 7.81. The highest BCUT2D eigenvalue weighted by Crippen LogP contribution is 2.36. The lowest BCUT2D eigenvalue weighted by Gasteiger charge is -2.31. The molecule has 2 heterocycles. The molecule has 0 spiro atoms. The Morgan fingerprint density at radius 2 is 2.35 bits per heavy atom. The Morgan fingerprint density at radius 3 is 3.13 bits per heavy atom. The number of carbonyl (C=O) groups excluding carboxylic acids is 2. The zero-order valence-corrected chi connectivity index (χ0v) is 13.8. The second-order valence-electron chi connectivity index (χ2n) is 6.11. The van der Waals surface area contributed by atoms with Crippen LogP contribution < -0.4 is 15.4 Å². The van der Waals surface area contributed by atoms with Crippen molar-refractivity contribution >= 4 is 34.8 Å². The number of benzene rings is 1. The number of carbonyl (C=O) groups is 2. The molecule has 0 radical (unpaired) electrons. The lowest BCUT2D eigenvalue weighted by molar-refractivity contribution is -0.131. The van der Waals surface area contributed by atoms with Crippen molar-refractivity contribution < 1.29 is 14.3 Å². The molecule has 0 aromatic heterocycles. The standard InChI is InChI=1S/C16H20ClN3O3/c1-10-3-2-4-20(8-10)16(22)7-18-12-6-14-13(5-11(12)17)19-15(21)9-23-14/h5-6,10,18H,2-4,7-9H2,1H3,(H,19,21)/t10-/m0/s1. The summed E-state index contributed by atoms with van der Waals surface area (Å²) in [6.07, 6.45) is 2.23.